The zero-order valence-corrected chi connectivity index (χ0v) is 19.7. The molecule has 0 bridgehead atoms. The SMILES string of the molecule is CC[C@@H](C(=O)NC1CCN(c2ccccc2C(=O)NCc2ccccc2)CC1)c1ccccc1. The number of carbonyl (C=O) groups is 2. The summed E-state index contributed by atoms with van der Waals surface area (Å²) >= 11 is 0. The summed E-state index contributed by atoms with van der Waals surface area (Å²) in [6.07, 6.45) is 2.49. The molecular weight excluding hydrogens is 422 g/mol. The number of para-hydroxylation sites is 1. The number of carbonyl (C=O) groups excluding carboxylic acids is 2. The highest BCUT2D eigenvalue weighted by molar-refractivity contribution is 5.99. The minimum atomic E-state index is -0.117. The number of hydrogen-bond donors (Lipinski definition) is 2. The van der Waals surface area contributed by atoms with Gasteiger partial charge < -0.3 is 15.5 Å². The molecule has 0 aromatic heterocycles. The van der Waals surface area contributed by atoms with Crippen LogP contribution in [-0.4, -0.2) is 30.9 Å². The van der Waals surface area contributed by atoms with Crippen LogP contribution < -0.4 is 15.5 Å². The summed E-state index contributed by atoms with van der Waals surface area (Å²) in [5, 5.41) is 6.31. The van der Waals surface area contributed by atoms with Crippen molar-refractivity contribution < 1.29 is 9.59 Å². The summed E-state index contributed by atoms with van der Waals surface area (Å²) in [6.45, 7) is 4.16. The highest BCUT2D eigenvalue weighted by atomic mass is 16.2. The number of rotatable bonds is 8. The Balaban J connectivity index is 1.34. The maximum Gasteiger partial charge on any atom is 0.253 e. The van der Waals surface area contributed by atoms with E-state index in [0.717, 1.165) is 49.2 Å². The lowest BCUT2D eigenvalue weighted by molar-refractivity contribution is -0.123. The molecule has 1 heterocycles. The predicted molar refractivity (Wildman–Crippen MR) is 137 cm³/mol. The van der Waals surface area contributed by atoms with Crippen LogP contribution in [0.2, 0.25) is 0 Å². The summed E-state index contributed by atoms with van der Waals surface area (Å²) in [4.78, 5) is 28.1. The van der Waals surface area contributed by atoms with Gasteiger partial charge in [0.15, 0.2) is 0 Å². The number of anilines is 1. The second kappa shape index (κ2) is 11.5. The van der Waals surface area contributed by atoms with Crippen molar-refractivity contribution >= 4 is 17.5 Å². The Hall–Kier alpha value is -3.60. The van der Waals surface area contributed by atoms with Crippen LogP contribution >= 0.6 is 0 Å². The molecule has 0 radical (unpaired) electrons. The third-order valence-electron chi connectivity index (χ3n) is 6.55. The van der Waals surface area contributed by atoms with Crippen LogP contribution in [0.3, 0.4) is 0 Å². The van der Waals surface area contributed by atoms with E-state index in [-0.39, 0.29) is 23.8 Å². The molecule has 1 aliphatic rings. The molecule has 3 aromatic rings. The van der Waals surface area contributed by atoms with Crippen molar-refractivity contribution in [2.75, 3.05) is 18.0 Å². The molecule has 2 N–H and O–H groups in total. The van der Waals surface area contributed by atoms with Gasteiger partial charge in [0.2, 0.25) is 5.91 Å². The Morgan fingerprint density at radius 1 is 0.882 bits per heavy atom. The van der Waals surface area contributed by atoms with E-state index in [2.05, 4.69) is 22.5 Å². The van der Waals surface area contributed by atoms with Gasteiger partial charge in [0.05, 0.1) is 11.5 Å². The zero-order chi connectivity index (χ0) is 23.8. The van der Waals surface area contributed by atoms with Crippen LogP contribution in [-0.2, 0) is 11.3 Å². The van der Waals surface area contributed by atoms with E-state index in [1.165, 1.54) is 0 Å². The minimum Gasteiger partial charge on any atom is -0.371 e. The first kappa shape index (κ1) is 23.6. The molecule has 1 fully saturated rings. The normalized spacial score (nSPS) is 14.9. The van der Waals surface area contributed by atoms with Crippen molar-refractivity contribution in [1.29, 1.82) is 0 Å². The summed E-state index contributed by atoms with van der Waals surface area (Å²) in [5.41, 5.74) is 3.78. The van der Waals surface area contributed by atoms with Crippen LogP contribution in [0.4, 0.5) is 5.69 Å². The third kappa shape index (κ3) is 5.84. The van der Waals surface area contributed by atoms with Crippen molar-refractivity contribution in [3.63, 3.8) is 0 Å². The highest BCUT2D eigenvalue weighted by Gasteiger charge is 2.26. The van der Waals surface area contributed by atoms with Gasteiger partial charge in [-0.2, -0.15) is 0 Å². The van der Waals surface area contributed by atoms with E-state index in [0.29, 0.717) is 12.1 Å². The van der Waals surface area contributed by atoms with E-state index in [9.17, 15) is 9.59 Å². The van der Waals surface area contributed by atoms with Crippen LogP contribution in [0.1, 0.15) is 53.6 Å². The van der Waals surface area contributed by atoms with Crippen LogP contribution in [0, 0.1) is 0 Å². The van der Waals surface area contributed by atoms with E-state index in [1.807, 2.05) is 84.9 Å². The van der Waals surface area contributed by atoms with Crippen molar-refractivity contribution in [2.24, 2.45) is 0 Å². The van der Waals surface area contributed by atoms with E-state index in [4.69, 9.17) is 0 Å². The summed E-state index contributed by atoms with van der Waals surface area (Å²) in [6, 6.07) is 27.8. The number of nitrogens with one attached hydrogen (secondary N) is 2. The molecule has 0 saturated carbocycles. The molecule has 5 nitrogen and oxygen atoms in total. The molecular formula is C29H33N3O2. The number of nitrogens with zero attached hydrogens (tertiary/aromatic N) is 1. The van der Waals surface area contributed by atoms with Gasteiger partial charge in [-0.1, -0.05) is 79.7 Å². The number of piperidine rings is 1. The average molecular weight is 456 g/mol. The van der Waals surface area contributed by atoms with E-state index in [1.54, 1.807) is 0 Å². The first-order valence-electron chi connectivity index (χ1n) is 12.2. The van der Waals surface area contributed by atoms with E-state index < -0.39 is 0 Å². The maximum atomic E-state index is 12.9. The Bertz CT molecular complexity index is 1080. The maximum absolute atomic E-state index is 12.9. The fourth-order valence-electron chi connectivity index (χ4n) is 4.64. The van der Waals surface area contributed by atoms with Crippen LogP contribution in [0.25, 0.3) is 0 Å². The van der Waals surface area contributed by atoms with Gasteiger partial charge >= 0.3 is 0 Å². The monoisotopic (exact) mass is 455 g/mol. The second-order valence-corrected chi connectivity index (χ2v) is 8.83. The Labute approximate surface area is 202 Å². The van der Waals surface area contributed by atoms with Crippen molar-refractivity contribution in [3.8, 4) is 0 Å². The Kier molecular flexibility index (Phi) is 7.97. The molecule has 0 spiro atoms. The average Bonchev–Trinajstić information content (AvgIpc) is 2.89. The quantitative estimate of drug-likeness (QED) is 0.508. The largest absolute Gasteiger partial charge is 0.371 e. The fourth-order valence-corrected chi connectivity index (χ4v) is 4.64. The van der Waals surface area contributed by atoms with Crippen LogP contribution in [0.15, 0.2) is 84.9 Å². The lowest BCUT2D eigenvalue weighted by Crippen LogP contribution is -2.46. The molecule has 34 heavy (non-hydrogen) atoms. The second-order valence-electron chi connectivity index (χ2n) is 8.83. The zero-order valence-electron chi connectivity index (χ0n) is 19.7. The molecule has 3 aromatic carbocycles. The van der Waals surface area contributed by atoms with Crippen molar-refractivity contribution in [1.82, 2.24) is 10.6 Å². The van der Waals surface area contributed by atoms with Gasteiger partial charge in [-0.25, -0.2) is 0 Å². The first-order valence-corrected chi connectivity index (χ1v) is 12.2. The number of hydrogen-bond acceptors (Lipinski definition) is 3. The van der Waals surface area contributed by atoms with Crippen molar-refractivity contribution in [2.45, 2.75) is 44.7 Å². The van der Waals surface area contributed by atoms with Crippen molar-refractivity contribution in [3.05, 3.63) is 102 Å². The summed E-state index contributed by atoms with van der Waals surface area (Å²) < 4.78 is 0. The van der Waals surface area contributed by atoms with Gasteiger partial charge in [-0.15, -0.1) is 0 Å². The molecule has 0 aliphatic carbocycles. The van der Waals surface area contributed by atoms with Gasteiger partial charge in [0.25, 0.3) is 5.91 Å². The Morgan fingerprint density at radius 2 is 1.50 bits per heavy atom. The lowest BCUT2D eigenvalue weighted by Gasteiger charge is -2.35. The molecule has 5 heteroatoms. The van der Waals surface area contributed by atoms with Gasteiger partial charge in [0.1, 0.15) is 0 Å². The Morgan fingerprint density at radius 3 is 2.18 bits per heavy atom. The summed E-state index contributed by atoms with van der Waals surface area (Å²) in [5.74, 6) is -0.0790. The standard InChI is InChI=1S/C29H33N3O2/c1-2-25(23-13-7-4-8-14-23)29(34)31-24-17-19-32(20-18-24)27-16-10-9-15-26(27)28(33)30-21-22-11-5-3-6-12-22/h3-16,24-25H,2,17-21H2,1H3,(H,30,33)(H,31,34)/t25-/m1/s1. The molecule has 1 aliphatic heterocycles. The molecule has 176 valence electrons. The van der Waals surface area contributed by atoms with Gasteiger partial charge in [0, 0.05) is 31.4 Å². The smallest absolute Gasteiger partial charge is 0.253 e. The molecule has 2 amide bonds. The predicted octanol–water partition coefficient (Wildman–Crippen LogP) is 4.90. The highest BCUT2D eigenvalue weighted by Crippen LogP contribution is 2.25. The molecule has 1 saturated heterocycles. The topological polar surface area (TPSA) is 61.4 Å². The van der Waals surface area contributed by atoms with Gasteiger partial charge in [-0.05, 0) is 42.5 Å². The molecule has 0 unspecified atom stereocenters. The lowest BCUT2D eigenvalue weighted by atomic mass is 9.94. The number of benzene rings is 3. The molecule has 1 atom stereocenters. The third-order valence-corrected chi connectivity index (χ3v) is 6.55. The van der Waals surface area contributed by atoms with Crippen LogP contribution in [0.5, 0.6) is 0 Å². The van der Waals surface area contributed by atoms with E-state index >= 15 is 0 Å². The number of amides is 2. The minimum absolute atomic E-state index is 0.0662. The molecule has 4 rings (SSSR count). The summed E-state index contributed by atoms with van der Waals surface area (Å²) in [7, 11) is 0. The first-order chi connectivity index (χ1) is 16.7. The van der Waals surface area contributed by atoms with Gasteiger partial charge in [-0.3, -0.25) is 9.59 Å². The fraction of sp³-hybridized carbons (Fsp3) is 0.310.